The minimum atomic E-state index is -0.416. The molecule has 0 aliphatic heterocycles. The summed E-state index contributed by atoms with van der Waals surface area (Å²) in [5, 5.41) is 3.57. The van der Waals surface area contributed by atoms with Crippen molar-refractivity contribution in [3.63, 3.8) is 0 Å². The van der Waals surface area contributed by atoms with E-state index in [1.165, 1.54) is 22.5 Å². The number of nitrogens with zero attached hydrogens (tertiary/aromatic N) is 1. The second-order valence-electron chi connectivity index (χ2n) is 6.43. The van der Waals surface area contributed by atoms with Crippen molar-refractivity contribution in [1.82, 2.24) is 4.98 Å². The Bertz CT molecular complexity index is 681. The molecule has 0 saturated carbocycles. The van der Waals surface area contributed by atoms with E-state index in [1.807, 2.05) is 27.7 Å². The first kappa shape index (κ1) is 15.7. The van der Waals surface area contributed by atoms with Crippen molar-refractivity contribution >= 4 is 22.4 Å². The zero-order chi connectivity index (χ0) is 15.8. The quantitative estimate of drug-likeness (QED) is 0.872. The fraction of sp³-hybridized carbons (Fsp3) is 0.412. The highest BCUT2D eigenvalue weighted by molar-refractivity contribution is 7.16. The van der Waals surface area contributed by atoms with Crippen molar-refractivity contribution in [2.75, 3.05) is 5.32 Å². The van der Waals surface area contributed by atoms with Crippen LogP contribution in [0.2, 0.25) is 0 Å². The normalized spacial score (nSPS) is 11.5. The summed E-state index contributed by atoms with van der Waals surface area (Å²) < 4.78 is 0. The van der Waals surface area contributed by atoms with Crippen molar-refractivity contribution < 1.29 is 4.79 Å². The number of hydrogen-bond acceptors (Lipinski definition) is 3. The van der Waals surface area contributed by atoms with E-state index in [1.54, 1.807) is 0 Å². The molecule has 0 atom stereocenters. The standard InChI is InChI=1S/C17H22N2OS/c1-10-7-8-13(9-11(10)2)14-12(3)21-16(18-14)19-15(20)17(4,5)6/h7-9H,1-6H3,(H,18,19,20). The molecular formula is C17H22N2OS. The van der Waals surface area contributed by atoms with Gasteiger partial charge < -0.3 is 5.32 Å². The Morgan fingerprint density at radius 1 is 1.14 bits per heavy atom. The summed E-state index contributed by atoms with van der Waals surface area (Å²) in [6.07, 6.45) is 0. The number of carbonyl (C=O) groups excluding carboxylic acids is 1. The molecule has 0 fully saturated rings. The Labute approximate surface area is 130 Å². The van der Waals surface area contributed by atoms with Gasteiger partial charge in [-0.15, -0.1) is 11.3 Å². The third-order valence-electron chi connectivity index (χ3n) is 3.48. The SMILES string of the molecule is Cc1ccc(-c2nc(NC(=O)C(C)(C)C)sc2C)cc1C. The Balaban J connectivity index is 2.31. The van der Waals surface area contributed by atoms with Gasteiger partial charge in [-0.25, -0.2) is 4.98 Å². The third-order valence-corrected chi connectivity index (χ3v) is 4.36. The first-order valence-corrected chi connectivity index (χ1v) is 7.86. The molecule has 4 heteroatoms. The van der Waals surface area contributed by atoms with Crippen molar-refractivity contribution in [2.24, 2.45) is 5.41 Å². The van der Waals surface area contributed by atoms with E-state index in [-0.39, 0.29) is 5.91 Å². The molecule has 0 spiro atoms. The van der Waals surface area contributed by atoms with Crippen LogP contribution in [0.4, 0.5) is 5.13 Å². The molecule has 0 aliphatic rings. The van der Waals surface area contributed by atoms with Gasteiger partial charge in [0.05, 0.1) is 5.69 Å². The van der Waals surface area contributed by atoms with Crippen LogP contribution in [-0.4, -0.2) is 10.9 Å². The van der Waals surface area contributed by atoms with Crippen LogP contribution in [0, 0.1) is 26.2 Å². The van der Waals surface area contributed by atoms with Gasteiger partial charge in [-0.2, -0.15) is 0 Å². The van der Waals surface area contributed by atoms with Gasteiger partial charge in [0.15, 0.2) is 5.13 Å². The molecule has 0 aliphatic carbocycles. The molecule has 1 amide bonds. The van der Waals surface area contributed by atoms with Gasteiger partial charge in [0.2, 0.25) is 5.91 Å². The molecule has 2 aromatic rings. The summed E-state index contributed by atoms with van der Waals surface area (Å²) in [5.74, 6) is -0.0112. The second kappa shape index (κ2) is 5.60. The number of aryl methyl sites for hydroxylation is 3. The molecule has 1 N–H and O–H groups in total. The van der Waals surface area contributed by atoms with E-state index in [2.05, 4.69) is 42.3 Å². The molecule has 0 unspecified atom stereocenters. The first-order valence-electron chi connectivity index (χ1n) is 7.05. The van der Waals surface area contributed by atoms with Crippen molar-refractivity contribution in [2.45, 2.75) is 41.5 Å². The number of aromatic nitrogens is 1. The monoisotopic (exact) mass is 302 g/mol. The summed E-state index contributed by atoms with van der Waals surface area (Å²) in [7, 11) is 0. The Morgan fingerprint density at radius 2 is 1.81 bits per heavy atom. The first-order chi connectivity index (χ1) is 9.68. The molecule has 112 valence electrons. The Hall–Kier alpha value is -1.68. The maximum Gasteiger partial charge on any atom is 0.231 e. The molecule has 2 rings (SSSR count). The van der Waals surface area contributed by atoms with E-state index >= 15 is 0 Å². The van der Waals surface area contributed by atoms with Crippen LogP contribution in [0.5, 0.6) is 0 Å². The smallest absolute Gasteiger partial charge is 0.231 e. The molecule has 1 heterocycles. The lowest BCUT2D eigenvalue weighted by Gasteiger charge is -2.15. The van der Waals surface area contributed by atoms with Gasteiger partial charge in [-0.3, -0.25) is 4.79 Å². The molecule has 21 heavy (non-hydrogen) atoms. The highest BCUT2D eigenvalue weighted by Gasteiger charge is 2.22. The van der Waals surface area contributed by atoms with Crippen LogP contribution < -0.4 is 5.32 Å². The molecule has 0 radical (unpaired) electrons. The minimum absolute atomic E-state index is 0.0112. The Morgan fingerprint density at radius 3 is 2.38 bits per heavy atom. The number of hydrogen-bond donors (Lipinski definition) is 1. The molecule has 0 saturated heterocycles. The lowest BCUT2D eigenvalue weighted by Crippen LogP contribution is -2.27. The Kier molecular flexibility index (Phi) is 4.19. The summed E-state index contributed by atoms with van der Waals surface area (Å²) in [4.78, 5) is 17.7. The van der Waals surface area contributed by atoms with Gasteiger partial charge in [-0.1, -0.05) is 32.9 Å². The second-order valence-corrected chi connectivity index (χ2v) is 7.63. The molecule has 1 aromatic heterocycles. The number of amides is 1. The highest BCUT2D eigenvalue weighted by Crippen LogP contribution is 2.32. The summed E-state index contributed by atoms with van der Waals surface area (Å²) in [6.45, 7) is 11.9. The van der Waals surface area contributed by atoms with Crippen LogP contribution in [0.15, 0.2) is 18.2 Å². The van der Waals surface area contributed by atoms with E-state index in [0.29, 0.717) is 5.13 Å². The zero-order valence-electron chi connectivity index (χ0n) is 13.5. The van der Waals surface area contributed by atoms with Gasteiger partial charge in [-0.05, 0) is 38.0 Å². The van der Waals surface area contributed by atoms with E-state index in [9.17, 15) is 4.79 Å². The van der Waals surface area contributed by atoms with Crippen LogP contribution >= 0.6 is 11.3 Å². The third kappa shape index (κ3) is 3.50. The summed E-state index contributed by atoms with van der Waals surface area (Å²) in [5.41, 5.74) is 4.16. The molecule has 3 nitrogen and oxygen atoms in total. The average molecular weight is 302 g/mol. The van der Waals surface area contributed by atoms with E-state index < -0.39 is 5.41 Å². The maximum atomic E-state index is 12.0. The van der Waals surface area contributed by atoms with Crippen LogP contribution in [0.1, 0.15) is 36.8 Å². The van der Waals surface area contributed by atoms with E-state index in [4.69, 9.17) is 0 Å². The predicted octanol–water partition coefficient (Wildman–Crippen LogP) is 4.72. The highest BCUT2D eigenvalue weighted by atomic mass is 32.1. The van der Waals surface area contributed by atoms with Gasteiger partial charge >= 0.3 is 0 Å². The molecular weight excluding hydrogens is 280 g/mol. The van der Waals surface area contributed by atoms with E-state index in [0.717, 1.165) is 16.1 Å². The predicted molar refractivity (Wildman–Crippen MR) is 89.8 cm³/mol. The minimum Gasteiger partial charge on any atom is -0.301 e. The lowest BCUT2D eigenvalue weighted by atomic mass is 9.96. The average Bonchev–Trinajstić information content (AvgIpc) is 2.72. The number of benzene rings is 1. The fourth-order valence-electron chi connectivity index (χ4n) is 1.89. The summed E-state index contributed by atoms with van der Waals surface area (Å²) >= 11 is 1.52. The maximum absolute atomic E-state index is 12.0. The van der Waals surface area contributed by atoms with Crippen molar-refractivity contribution in [3.05, 3.63) is 34.2 Å². The fourth-order valence-corrected chi connectivity index (χ4v) is 2.72. The topological polar surface area (TPSA) is 42.0 Å². The van der Waals surface area contributed by atoms with Crippen LogP contribution in [0.3, 0.4) is 0 Å². The van der Waals surface area contributed by atoms with Crippen molar-refractivity contribution in [3.8, 4) is 11.3 Å². The molecule has 1 aromatic carbocycles. The number of rotatable bonds is 2. The number of anilines is 1. The molecule has 0 bridgehead atoms. The van der Waals surface area contributed by atoms with Crippen molar-refractivity contribution in [1.29, 1.82) is 0 Å². The number of nitrogens with one attached hydrogen (secondary N) is 1. The largest absolute Gasteiger partial charge is 0.301 e. The summed E-state index contributed by atoms with van der Waals surface area (Å²) in [6, 6.07) is 6.34. The lowest BCUT2D eigenvalue weighted by molar-refractivity contribution is -0.123. The van der Waals surface area contributed by atoms with Gasteiger partial charge in [0.1, 0.15) is 0 Å². The number of carbonyl (C=O) groups is 1. The van der Waals surface area contributed by atoms with Gasteiger partial charge in [0.25, 0.3) is 0 Å². The van der Waals surface area contributed by atoms with Crippen LogP contribution in [0.25, 0.3) is 11.3 Å². The zero-order valence-corrected chi connectivity index (χ0v) is 14.3. The van der Waals surface area contributed by atoms with Gasteiger partial charge in [0, 0.05) is 15.9 Å². The van der Waals surface area contributed by atoms with Crippen LogP contribution in [-0.2, 0) is 4.79 Å². The number of thiazole rings is 1.